The fourth-order valence-electron chi connectivity index (χ4n) is 0.291. The molecule has 0 aliphatic rings. The molecule has 3 nitrogen and oxygen atoms in total. The zero-order chi connectivity index (χ0) is 8.20. The van der Waals surface area contributed by atoms with Gasteiger partial charge < -0.3 is 0 Å². The van der Waals surface area contributed by atoms with Crippen LogP contribution < -0.4 is 5.43 Å². The molecule has 0 saturated heterocycles. The van der Waals surface area contributed by atoms with Crippen molar-refractivity contribution >= 4 is 12.1 Å². The lowest BCUT2D eigenvalue weighted by atomic mass is 9.96. The first-order valence-corrected chi connectivity index (χ1v) is 3.26. The first-order chi connectivity index (χ1) is 4.48. The predicted octanol–water partition coefficient (Wildman–Crippen LogP) is 1.15. The van der Waals surface area contributed by atoms with Gasteiger partial charge in [-0.25, -0.2) is 5.43 Å². The maximum atomic E-state index is 11.0. The zero-order valence-electron chi connectivity index (χ0n) is 6.93. The Morgan fingerprint density at radius 2 is 2.00 bits per heavy atom. The number of hydrogen-bond donors (Lipinski definition) is 1. The van der Waals surface area contributed by atoms with E-state index < -0.39 is 0 Å². The zero-order valence-corrected chi connectivity index (χ0v) is 6.93. The minimum atomic E-state index is -0.355. The molecule has 58 valence electrons. The maximum absolute atomic E-state index is 11.0. The Morgan fingerprint density at radius 3 is 2.30 bits per heavy atom. The molecule has 1 N–H and O–H groups in total. The summed E-state index contributed by atoms with van der Waals surface area (Å²) in [5.74, 6) is -0.0643. The van der Waals surface area contributed by atoms with Crippen molar-refractivity contribution < 1.29 is 4.79 Å². The van der Waals surface area contributed by atoms with Crippen LogP contribution in [-0.2, 0) is 4.79 Å². The number of nitrogens with one attached hydrogen (secondary N) is 1. The Balaban J connectivity index is 3.86. The van der Waals surface area contributed by atoms with Gasteiger partial charge in [-0.15, -0.1) is 0 Å². The maximum Gasteiger partial charge on any atom is 0.245 e. The highest BCUT2D eigenvalue weighted by Gasteiger charge is 2.19. The molecule has 0 atom stereocenters. The van der Waals surface area contributed by atoms with Crippen LogP contribution in [0.15, 0.2) is 5.10 Å². The van der Waals surface area contributed by atoms with Crippen LogP contribution in [0.4, 0.5) is 0 Å². The quantitative estimate of drug-likeness (QED) is 0.433. The van der Waals surface area contributed by atoms with Crippen molar-refractivity contribution in [2.75, 3.05) is 0 Å². The van der Waals surface area contributed by atoms with Crippen LogP contribution in [0.5, 0.6) is 0 Å². The molecule has 0 aliphatic heterocycles. The van der Waals surface area contributed by atoms with Gasteiger partial charge in [0, 0.05) is 11.6 Å². The van der Waals surface area contributed by atoms with Crippen LogP contribution in [0.3, 0.4) is 0 Å². The Labute approximate surface area is 61.5 Å². The van der Waals surface area contributed by atoms with Gasteiger partial charge in [-0.2, -0.15) is 5.10 Å². The van der Waals surface area contributed by atoms with E-state index in [4.69, 9.17) is 0 Å². The summed E-state index contributed by atoms with van der Waals surface area (Å²) in [5, 5.41) is 3.61. The molecule has 3 heteroatoms. The van der Waals surface area contributed by atoms with E-state index >= 15 is 0 Å². The van der Waals surface area contributed by atoms with Crippen molar-refractivity contribution in [1.29, 1.82) is 0 Å². The van der Waals surface area contributed by atoms with Crippen LogP contribution in [-0.4, -0.2) is 12.1 Å². The fraction of sp³-hybridized carbons (Fsp3) is 0.714. The Hall–Kier alpha value is -0.860. The molecule has 0 unspecified atom stereocenters. The Bertz CT molecular complexity index is 144. The van der Waals surface area contributed by atoms with Gasteiger partial charge in [0.15, 0.2) is 0 Å². The van der Waals surface area contributed by atoms with Gasteiger partial charge in [0.1, 0.15) is 0 Å². The molecule has 0 radical (unpaired) electrons. The summed E-state index contributed by atoms with van der Waals surface area (Å²) >= 11 is 0. The lowest BCUT2D eigenvalue weighted by molar-refractivity contribution is -0.128. The Morgan fingerprint density at radius 1 is 1.50 bits per heavy atom. The normalized spacial score (nSPS) is 12.0. The molecule has 0 spiro atoms. The third-order valence-electron chi connectivity index (χ3n) is 0.976. The molecular weight excluding hydrogens is 128 g/mol. The second-order valence-corrected chi connectivity index (χ2v) is 3.08. The summed E-state index contributed by atoms with van der Waals surface area (Å²) in [5.41, 5.74) is 2.05. The molecule has 0 aromatic rings. The lowest BCUT2D eigenvalue weighted by Crippen LogP contribution is -2.31. The molecule has 10 heavy (non-hydrogen) atoms. The van der Waals surface area contributed by atoms with Crippen LogP contribution >= 0.6 is 0 Å². The van der Waals surface area contributed by atoms with Gasteiger partial charge in [-0.3, -0.25) is 4.79 Å². The number of hydrogen-bond acceptors (Lipinski definition) is 2. The average molecular weight is 142 g/mol. The molecular formula is C7H14N2O. The minimum Gasteiger partial charge on any atom is -0.273 e. The topological polar surface area (TPSA) is 41.5 Å². The van der Waals surface area contributed by atoms with Crippen molar-refractivity contribution in [3.8, 4) is 0 Å². The van der Waals surface area contributed by atoms with Crippen molar-refractivity contribution in [3.63, 3.8) is 0 Å². The van der Waals surface area contributed by atoms with Crippen molar-refractivity contribution in [1.82, 2.24) is 5.43 Å². The standard InChI is InChI=1S/C7H14N2O/c1-5-8-9-6(10)7(2,3)4/h5H,1-4H3,(H,9,10)/b8-5-. The SMILES string of the molecule is C/C=N\NC(=O)C(C)(C)C. The molecule has 0 aliphatic carbocycles. The van der Waals surface area contributed by atoms with Crippen molar-refractivity contribution in [2.45, 2.75) is 27.7 Å². The summed E-state index contributed by atoms with van der Waals surface area (Å²) in [6.45, 7) is 7.28. The van der Waals surface area contributed by atoms with Crippen molar-refractivity contribution in [2.24, 2.45) is 10.5 Å². The van der Waals surface area contributed by atoms with Crippen LogP contribution in [0, 0.1) is 5.41 Å². The highest BCUT2D eigenvalue weighted by Crippen LogP contribution is 2.11. The summed E-state index contributed by atoms with van der Waals surface area (Å²) in [6, 6.07) is 0. The van der Waals surface area contributed by atoms with Gasteiger partial charge in [-0.1, -0.05) is 20.8 Å². The molecule has 0 aromatic heterocycles. The summed E-state index contributed by atoms with van der Waals surface area (Å²) in [4.78, 5) is 11.0. The molecule has 0 aromatic carbocycles. The highest BCUT2D eigenvalue weighted by molar-refractivity contribution is 5.81. The van der Waals surface area contributed by atoms with E-state index in [1.165, 1.54) is 0 Å². The number of nitrogens with zero attached hydrogens (tertiary/aromatic N) is 1. The number of rotatable bonds is 1. The summed E-state index contributed by atoms with van der Waals surface area (Å²) in [7, 11) is 0. The second-order valence-electron chi connectivity index (χ2n) is 3.08. The number of amides is 1. The van der Waals surface area contributed by atoms with E-state index in [1.54, 1.807) is 13.1 Å². The molecule has 0 heterocycles. The molecule has 0 saturated carbocycles. The first kappa shape index (κ1) is 9.14. The number of carbonyl (C=O) groups is 1. The number of carbonyl (C=O) groups excluding carboxylic acids is 1. The highest BCUT2D eigenvalue weighted by atomic mass is 16.2. The van der Waals surface area contributed by atoms with E-state index in [0.717, 1.165) is 0 Å². The first-order valence-electron chi connectivity index (χ1n) is 3.26. The minimum absolute atomic E-state index is 0.0643. The summed E-state index contributed by atoms with van der Waals surface area (Å²) < 4.78 is 0. The second kappa shape index (κ2) is 3.34. The van der Waals surface area contributed by atoms with Crippen molar-refractivity contribution in [3.05, 3.63) is 0 Å². The van der Waals surface area contributed by atoms with Gasteiger partial charge in [0.2, 0.25) is 5.91 Å². The predicted molar refractivity (Wildman–Crippen MR) is 41.8 cm³/mol. The van der Waals surface area contributed by atoms with Crippen LogP contribution in [0.25, 0.3) is 0 Å². The lowest BCUT2D eigenvalue weighted by Gasteiger charge is -2.14. The van der Waals surface area contributed by atoms with Gasteiger partial charge in [0.25, 0.3) is 0 Å². The van der Waals surface area contributed by atoms with E-state index in [2.05, 4.69) is 10.5 Å². The molecule has 1 amide bonds. The third-order valence-corrected chi connectivity index (χ3v) is 0.976. The largest absolute Gasteiger partial charge is 0.273 e. The molecule has 0 bridgehead atoms. The average Bonchev–Trinajstić information content (AvgIpc) is 1.80. The van der Waals surface area contributed by atoms with Gasteiger partial charge >= 0.3 is 0 Å². The van der Waals surface area contributed by atoms with Gasteiger partial charge in [-0.05, 0) is 6.92 Å². The van der Waals surface area contributed by atoms with E-state index in [0.29, 0.717) is 0 Å². The molecule has 0 fully saturated rings. The third kappa shape index (κ3) is 3.22. The Kier molecular flexibility index (Phi) is 3.06. The fourth-order valence-corrected chi connectivity index (χ4v) is 0.291. The number of hydrazone groups is 1. The smallest absolute Gasteiger partial charge is 0.245 e. The van der Waals surface area contributed by atoms with E-state index in [-0.39, 0.29) is 11.3 Å². The summed E-state index contributed by atoms with van der Waals surface area (Å²) in [6.07, 6.45) is 1.55. The van der Waals surface area contributed by atoms with Gasteiger partial charge in [0.05, 0.1) is 0 Å². The monoisotopic (exact) mass is 142 g/mol. The van der Waals surface area contributed by atoms with E-state index in [9.17, 15) is 4.79 Å². The molecule has 0 rings (SSSR count). The van der Waals surface area contributed by atoms with Crippen LogP contribution in [0.2, 0.25) is 0 Å². The van der Waals surface area contributed by atoms with Crippen LogP contribution in [0.1, 0.15) is 27.7 Å². The van der Waals surface area contributed by atoms with E-state index in [1.807, 2.05) is 20.8 Å².